The second-order valence-corrected chi connectivity index (χ2v) is 4.51. The smallest absolute Gasteiger partial charge is 0.251 e. The summed E-state index contributed by atoms with van der Waals surface area (Å²) in [6.45, 7) is 5.03. The largest absolute Gasteiger partial charge is 0.381 e. The van der Waals surface area contributed by atoms with Crippen molar-refractivity contribution >= 4 is 5.91 Å². The van der Waals surface area contributed by atoms with E-state index < -0.39 is 5.60 Å². The van der Waals surface area contributed by atoms with E-state index >= 15 is 0 Å². The Hall–Kier alpha value is -0.570. The Labute approximate surface area is 79.5 Å². The predicted molar refractivity (Wildman–Crippen MR) is 51.2 cm³/mol. The van der Waals surface area contributed by atoms with Gasteiger partial charge in [-0.2, -0.15) is 0 Å². The van der Waals surface area contributed by atoms with Gasteiger partial charge in [0.2, 0.25) is 0 Å². The number of amides is 1. The van der Waals surface area contributed by atoms with Gasteiger partial charge in [0, 0.05) is 6.04 Å². The Balaban J connectivity index is 2.35. The molecule has 0 aliphatic heterocycles. The fourth-order valence-corrected chi connectivity index (χ4v) is 1.44. The highest BCUT2D eigenvalue weighted by molar-refractivity contribution is 5.84. The summed E-state index contributed by atoms with van der Waals surface area (Å²) in [5.41, 5.74) is -1.25. The van der Waals surface area contributed by atoms with Crippen LogP contribution in [0.5, 0.6) is 0 Å². The lowest BCUT2D eigenvalue weighted by atomic mass is 9.80. The van der Waals surface area contributed by atoms with Crippen LogP contribution in [0.25, 0.3) is 0 Å². The fraction of sp³-hybridized carbons (Fsp3) is 0.900. The SMILES string of the molecule is C[C@@H](NC(=O)C(C)(C)O)C1CCC1. The van der Waals surface area contributed by atoms with Crippen LogP contribution in [0.15, 0.2) is 0 Å². The van der Waals surface area contributed by atoms with Gasteiger partial charge in [-0.15, -0.1) is 0 Å². The van der Waals surface area contributed by atoms with Crippen LogP contribution in [0.2, 0.25) is 0 Å². The molecule has 1 aliphatic rings. The van der Waals surface area contributed by atoms with Crippen LogP contribution in [0.4, 0.5) is 0 Å². The first-order valence-corrected chi connectivity index (χ1v) is 4.94. The number of carbonyl (C=O) groups excluding carboxylic acids is 1. The van der Waals surface area contributed by atoms with Crippen LogP contribution in [-0.4, -0.2) is 22.7 Å². The van der Waals surface area contributed by atoms with E-state index in [1.165, 1.54) is 33.1 Å². The molecule has 0 radical (unpaired) electrons. The minimum atomic E-state index is -1.25. The van der Waals surface area contributed by atoms with E-state index in [9.17, 15) is 9.90 Å². The summed E-state index contributed by atoms with van der Waals surface area (Å²) >= 11 is 0. The molecule has 0 aromatic heterocycles. The molecule has 2 N–H and O–H groups in total. The Morgan fingerprint density at radius 1 is 1.54 bits per heavy atom. The highest BCUT2D eigenvalue weighted by Crippen LogP contribution is 2.29. The van der Waals surface area contributed by atoms with Gasteiger partial charge in [-0.25, -0.2) is 0 Å². The van der Waals surface area contributed by atoms with Gasteiger partial charge < -0.3 is 10.4 Å². The number of aliphatic hydroxyl groups is 1. The Morgan fingerprint density at radius 2 is 2.08 bits per heavy atom. The molecule has 3 heteroatoms. The molecule has 1 rings (SSSR count). The van der Waals surface area contributed by atoms with Crippen molar-refractivity contribution in [2.75, 3.05) is 0 Å². The van der Waals surface area contributed by atoms with Crippen LogP contribution < -0.4 is 5.32 Å². The van der Waals surface area contributed by atoms with E-state index in [4.69, 9.17) is 0 Å². The molecule has 0 unspecified atom stereocenters. The van der Waals surface area contributed by atoms with Gasteiger partial charge in [-0.1, -0.05) is 6.42 Å². The summed E-state index contributed by atoms with van der Waals surface area (Å²) in [7, 11) is 0. The van der Waals surface area contributed by atoms with E-state index in [0.717, 1.165) is 0 Å². The molecule has 1 amide bonds. The predicted octanol–water partition coefficient (Wildman–Crippen LogP) is 1.06. The van der Waals surface area contributed by atoms with Crippen LogP contribution in [-0.2, 0) is 4.79 Å². The molecule has 76 valence electrons. The van der Waals surface area contributed by atoms with Crippen LogP contribution in [0, 0.1) is 5.92 Å². The number of hydrogen-bond donors (Lipinski definition) is 2. The Morgan fingerprint density at radius 3 is 2.38 bits per heavy atom. The lowest BCUT2D eigenvalue weighted by molar-refractivity contribution is -0.137. The summed E-state index contributed by atoms with van der Waals surface area (Å²) in [5.74, 6) is 0.346. The third-order valence-corrected chi connectivity index (χ3v) is 2.77. The van der Waals surface area contributed by atoms with E-state index in [2.05, 4.69) is 5.32 Å². The summed E-state index contributed by atoms with van der Waals surface area (Å²) in [6, 6.07) is 0.202. The lowest BCUT2D eigenvalue weighted by Crippen LogP contribution is -2.49. The Bertz CT molecular complexity index is 192. The molecule has 1 aliphatic carbocycles. The maximum absolute atomic E-state index is 11.4. The molecular formula is C10H19NO2. The molecule has 3 nitrogen and oxygen atoms in total. The molecular weight excluding hydrogens is 166 g/mol. The van der Waals surface area contributed by atoms with Crippen molar-refractivity contribution in [3.63, 3.8) is 0 Å². The number of rotatable bonds is 3. The highest BCUT2D eigenvalue weighted by atomic mass is 16.3. The second-order valence-electron chi connectivity index (χ2n) is 4.51. The fourth-order valence-electron chi connectivity index (χ4n) is 1.44. The minimum absolute atomic E-state index is 0.202. The molecule has 0 spiro atoms. The van der Waals surface area contributed by atoms with Crippen molar-refractivity contribution < 1.29 is 9.90 Å². The minimum Gasteiger partial charge on any atom is -0.381 e. The molecule has 1 atom stereocenters. The zero-order valence-electron chi connectivity index (χ0n) is 8.63. The van der Waals surface area contributed by atoms with E-state index in [0.29, 0.717) is 5.92 Å². The first-order valence-electron chi connectivity index (χ1n) is 4.94. The van der Waals surface area contributed by atoms with Crippen molar-refractivity contribution in [3.8, 4) is 0 Å². The van der Waals surface area contributed by atoms with Crippen molar-refractivity contribution in [2.45, 2.75) is 51.7 Å². The standard InChI is InChI=1S/C10H19NO2/c1-7(8-5-4-6-8)11-9(12)10(2,3)13/h7-8,13H,4-6H2,1-3H3,(H,11,12)/t7-/m1/s1. The van der Waals surface area contributed by atoms with Crippen molar-refractivity contribution in [3.05, 3.63) is 0 Å². The number of nitrogens with one attached hydrogen (secondary N) is 1. The number of carbonyl (C=O) groups is 1. The zero-order chi connectivity index (χ0) is 10.1. The normalized spacial score (nSPS) is 20.6. The van der Waals surface area contributed by atoms with Gasteiger partial charge in [0.1, 0.15) is 5.60 Å². The zero-order valence-corrected chi connectivity index (χ0v) is 8.63. The first kappa shape index (κ1) is 10.5. The van der Waals surface area contributed by atoms with Crippen LogP contribution in [0.1, 0.15) is 40.0 Å². The third-order valence-electron chi connectivity index (χ3n) is 2.77. The second kappa shape index (κ2) is 3.66. The molecule has 0 aromatic rings. The average Bonchev–Trinajstić information content (AvgIpc) is 1.79. The van der Waals surface area contributed by atoms with Gasteiger partial charge in [0.25, 0.3) is 5.91 Å². The van der Waals surface area contributed by atoms with Gasteiger partial charge in [-0.05, 0) is 39.5 Å². The van der Waals surface area contributed by atoms with Gasteiger partial charge in [-0.3, -0.25) is 4.79 Å². The van der Waals surface area contributed by atoms with Gasteiger partial charge in [0.05, 0.1) is 0 Å². The summed E-state index contributed by atoms with van der Waals surface area (Å²) in [6.07, 6.45) is 3.67. The van der Waals surface area contributed by atoms with E-state index in [1.54, 1.807) is 0 Å². The van der Waals surface area contributed by atoms with Gasteiger partial charge in [0.15, 0.2) is 0 Å². The quantitative estimate of drug-likeness (QED) is 0.690. The summed E-state index contributed by atoms with van der Waals surface area (Å²) in [5, 5.41) is 12.2. The monoisotopic (exact) mass is 185 g/mol. The lowest BCUT2D eigenvalue weighted by Gasteiger charge is -2.33. The van der Waals surface area contributed by atoms with Crippen molar-refractivity contribution in [1.29, 1.82) is 0 Å². The maximum Gasteiger partial charge on any atom is 0.251 e. The van der Waals surface area contributed by atoms with E-state index in [1.807, 2.05) is 6.92 Å². The third kappa shape index (κ3) is 2.69. The molecule has 0 bridgehead atoms. The van der Waals surface area contributed by atoms with Crippen LogP contribution >= 0.6 is 0 Å². The van der Waals surface area contributed by atoms with Crippen molar-refractivity contribution in [1.82, 2.24) is 5.32 Å². The first-order chi connectivity index (χ1) is 5.91. The maximum atomic E-state index is 11.4. The Kier molecular flexibility index (Phi) is 2.96. The average molecular weight is 185 g/mol. The summed E-state index contributed by atoms with van der Waals surface area (Å²) in [4.78, 5) is 11.4. The molecule has 1 fully saturated rings. The highest BCUT2D eigenvalue weighted by Gasteiger charge is 2.29. The molecule has 1 saturated carbocycles. The van der Waals surface area contributed by atoms with Crippen LogP contribution in [0.3, 0.4) is 0 Å². The molecule has 13 heavy (non-hydrogen) atoms. The molecule has 0 aromatic carbocycles. The van der Waals surface area contributed by atoms with Gasteiger partial charge >= 0.3 is 0 Å². The summed E-state index contributed by atoms with van der Waals surface area (Å²) < 4.78 is 0. The molecule has 0 heterocycles. The van der Waals surface area contributed by atoms with E-state index in [-0.39, 0.29) is 11.9 Å². The number of hydrogen-bond acceptors (Lipinski definition) is 2. The van der Waals surface area contributed by atoms with Crippen molar-refractivity contribution in [2.24, 2.45) is 5.92 Å². The molecule has 0 saturated heterocycles. The topological polar surface area (TPSA) is 49.3 Å².